The molecule has 0 radical (unpaired) electrons. The molecule has 0 aromatic carbocycles. The first-order chi connectivity index (χ1) is 6.54. The molecule has 1 unspecified atom stereocenters. The zero-order valence-electron chi connectivity index (χ0n) is 8.90. The van der Waals surface area contributed by atoms with Crippen molar-refractivity contribution in [3.05, 3.63) is 0 Å². The minimum absolute atomic E-state index is 0.148. The van der Waals surface area contributed by atoms with E-state index in [2.05, 4.69) is 4.90 Å². The molecule has 0 aliphatic carbocycles. The summed E-state index contributed by atoms with van der Waals surface area (Å²) >= 11 is 0. The highest BCUT2D eigenvalue weighted by atomic mass is 32.2. The van der Waals surface area contributed by atoms with E-state index in [1.165, 1.54) is 6.26 Å². The quantitative estimate of drug-likeness (QED) is 0.620. The van der Waals surface area contributed by atoms with E-state index in [0.29, 0.717) is 6.54 Å². The Kier molecular flexibility index (Phi) is 4.34. The predicted molar refractivity (Wildman–Crippen MR) is 56.2 cm³/mol. The van der Waals surface area contributed by atoms with E-state index >= 15 is 0 Å². The summed E-state index contributed by atoms with van der Waals surface area (Å²) in [4.78, 5) is 2.20. The number of hydrogen-bond donors (Lipinski definition) is 0. The van der Waals surface area contributed by atoms with Gasteiger partial charge in [0.15, 0.2) is 9.84 Å². The summed E-state index contributed by atoms with van der Waals surface area (Å²) < 4.78 is 27.5. The van der Waals surface area contributed by atoms with Gasteiger partial charge in [0, 0.05) is 33.1 Å². The number of likely N-dealkylation sites (tertiary alicyclic amines) is 1. The number of nitrogens with zero attached hydrogens (tertiary/aromatic N) is 1. The second-order valence-corrected chi connectivity index (χ2v) is 6.21. The van der Waals surface area contributed by atoms with Crippen LogP contribution < -0.4 is 0 Å². The second-order valence-electron chi connectivity index (χ2n) is 3.89. The minimum atomic E-state index is -2.84. The van der Waals surface area contributed by atoms with Gasteiger partial charge < -0.3 is 9.64 Å². The molecule has 0 bridgehead atoms. The monoisotopic (exact) mass is 221 g/mol. The Bertz CT molecular complexity index is 263. The van der Waals surface area contributed by atoms with Crippen molar-refractivity contribution >= 4 is 9.84 Å². The molecule has 5 heteroatoms. The third-order valence-corrected chi connectivity index (χ3v) is 4.25. The van der Waals surface area contributed by atoms with E-state index in [9.17, 15) is 8.42 Å². The van der Waals surface area contributed by atoms with Crippen LogP contribution in [-0.2, 0) is 14.6 Å². The number of rotatable bonds is 5. The molecule has 0 amide bonds. The average Bonchev–Trinajstić information content (AvgIpc) is 2.52. The molecule has 0 aromatic heterocycles. The lowest BCUT2D eigenvalue weighted by molar-refractivity contribution is 0.179. The summed E-state index contributed by atoms with van der Waals surface area (Å²) in [6.07, 6.45) is 3.09. The molecular weight excluding hydrogens is 202 g/mol. The molecule has 1 saturated heterocycles. The standard InChI is InChI=1S/C9H19NO3S/c1-13-7-3-5-10-6-4-9(8-10)14(2,11)12/h9H,3-8H2,1-2H3. The summed E-state index contributed by atoms with van der Waals surface area (Å²) in [5.41, 5.74) is 0. The van der Waals surface area contributed by atoms with Gasteiger partial charge in [-0.3, -0.25) is 0 Å². The Morgan fingerprint density at radius 1 is 1.50 bits per heavy atom. The van der Waals surface area contributed by atoms with Gasteiger partial charge in [0.2, 0.25) is 0 Å². The molecule has 1 aliphatic heterocycles. The van der Waals surface area contributed by atoms with Gasteiger partial charge in [0.25, 0.3) is 0 Å². The number of sulfone groups is 1. The van der Waals surface area contributed by atoms with Gasteiger partial charge in [-0.25, -0.2) is 8.42 Å². The smallest absolute Gasteiger partial charge is 0.151 e. The first kappa shape index (κ1) is 11.9. The molecule has 0 aromatic rings. The van der Waals surface area contributed by atoms with Crippen molar-refractivity contribution in [2.75, 3.05) is 39.6 Å². The van der Waals surface area contributed by atoms with Crippen molar-refractivity contribution in [1.29, 1.82) is 0 Å². The largest absolute Gasteiger partial charge is 0.385 e. The van der Waals surface area contributed by atoms with E-state index in [-0.39, 0.29) is 5.25 Å². The Balaban J connectivity index is 2.28. The van der Waals surface area contributed by atoms with Crippen LogP contribution in [0.4, 0.5) is 0 Å². The van der Waals surface area contributed by atoms with Gasteiger partial charge in [-0.15, -0.1) is 0 Å². The topological polar surface area (TPSA) is 46.6 Å². The summed E-state index contributed by atoms with van der Waals surface area (Å²) in [5, 5.41) is -0.148. The molecular formula is C9H19NO3S. The Labute approximate surface area is 86.2 Å². The van der Waals surface area contributed by atoms with Gasteiger partial charge in [-0.05, 0) is 19.4 Å². The van der Waals surface area contributed by atoms with Crippen molar-refractivity contribution in [3.8, 4) is 0 Å². The number of ether oxygens (including phenoxy) is 1. The molecule has 0 saturated carbocycles. The molecule has 1 rings (SSSR count). The Morgan fingerprint density at radius 3 is 2.71 bits per heavy atom. The number of methoxy groups -OCH3 is 1. The third kappa shape index (κ3) is 3.55. The van der Waals surface area contributed by atoms with E-state index in [1.807, 2.05) is 0 Å². The van der Waals surface area contributed by atoms with E-state index in [4.69, 9.17) is 4.74 Å². The highest BCUT2D eigenvalue weighted by molar-refractivity contribution is 7.91. The molecule has 1 heterocycles. The molecule has 0 N–H and O–H groups in total. The normalized spacial score (nSPS) is 24.3. The van der Waals surface area contributed by atoms with Crippen molar-refractivity contribution in [2.45, 2.75) is 18.1 Å². The molecule has 0 spiro atoms. The molecule has 4 nitrogen and oxygen atoms in total. The van der Waals surface area contributed by atoms with Gasteiger partial charge in [0.05, 0.1) is 5.25 Å². The van der Waals surface area contributed by atoms with Gasteiger partial charge in [0.1, 0.15) is 0 Å². The molecule has 1 aliphatic rings. The number of hydrogen-bond acceptors (Lipinski definition) is 4. The summed E-state index contributed by atoms with van der Waals surface area (Å²) in [5.74, 6) is 0. The summed E-state index contributed by atoms with van der Waals surface area (Å²) in [6, 6.07) is 0. The van der Waals surface area contributed by atoms with Crippen LogP contribution in [0.1, 0.15) is 12.8 Å². The maximum Gasteiger partial charge on any atom is 0.151 e. The van der Waals surface area contributed by atoms with Crippen molar-refractivity contribution in [1.82, 2.24) is 4.90 Å². The summed E-state index contributed by atoms with van der Waals surface area (Å²) in [6.45, 7) is 3.30. The van der Waals surface area contributed by atoms with Crippen LogP contribution in [0.15, 0.2) is 0 Å². The van der Waals surface area contributed by atoms with Crippen LogP contribution in [0.2, 0.25) is 0 Å². The fourth-order valence-electron chi connectivity index (χ4n) is 1.78. The van der Waals surface area contributed by atoms with Crippen LogP contribution in [-0.4, -0.2) is 58.2 Å². The molecule has 14 heavy (non-hydrogen) atoms. The van der Waals surface area contributed by atoms with Crippen molar-refractivity contribution in [2.24, 2.45) is 0 Å². The van der Waals surface area contributed by atoms with E-state index in [1.54, 1.807) is 7.11 Å². The average molecular weight is 221 g/mol. The molecule has 1 atom stereocenters. The highest BCUT2D eigenvalue weighted by Gasteiger charge is 2.29. The lowest BCUT2D eigenvalue weighted by Crippen LogP contribution is -2.27. The summed E-state index contributed by atoms with van der Waals surface area (Å²) in [7, 11) is -1.16. The SMILES string of the molecule is COCCCN1CCC(S(C)(=O)=O)C1. The predicted octanol–water partition coefficient (Wildman–Crippen LogP) is 0.142. The van der Waals surface area contributed by atoms with E-state index in [0.717, 1.165) is 32.5 Å². The molecule has 84 valence electrons. The second kappa shape index (κ2) is 5.09. The third-order valence-electron chi connectivity index (χ3n) is 2.66. The van der Waals surface area contributed by atoms with Crippen LogP contribution in [0.25, 0.3) is 0 Å². The Morgan fingerprint density at radius 2 is 2.21 bits per heavy atom. The van der Waals surface area contributed by atoms with Crippen LogP contribution in [0.3, 0.4) is 0 Å². The van der Waals surface area contributed by atoms with Gasteiger partial charge >= 0.3 is 0 Å². The fourth-order valence-corrected chi connectivity index (χ4v) is 2.80. The first-order valence-corrected chi connectivity index (χ1v) is 6.89. The van der Waals surface area contributed by atoms with Gasteiger partial charge in [-0.1, -0.05) is 0 Å². The first-order valence-electron chi connectivity index (χ1n) is 4.94. The van der Waals surface area contributed by atoms with Crippen LogP contribution in [0.5, 0.6) is 0 Å². The maximum absolute atomic E-state index is 11.3. The van der Waals surface area contributed by atoms with Gasteiger partial charge in [-0.2, -0.15) is 0 Å². The fraction of sp³-hybridized carbons (Fsp3) is 1.00. The minimum Gasteiger partial charge on any atom is -0.385 e. The zero-order valence-corrected chi connectivity index (χ0v) is 9.72. The lowest BCUT2D eigenvalue weighted by Gasteiger charge is -2.14. The molecule has 1 fully saturated rings. The van der Waals surface area contributed by atoms with Crippen LogP contribution in [0, 0.1) is 0 Å². The van der Waals surface area contributed by atoms with Crippen molar-refractivity contribution in [3.63, 3.8) is 0 Å². The Hall–Kier alpha value is -0.130. The lowest BCUT2D eigenvalue weighted by atomic mass is 10.4. The maximum atomic E-state index is 11.3. The van der Waals surface area contributed by atoms with Crippen molar-refractivity contribution < 1.29 is 13.2 Å². The highest BCUT2D eigenvalue weighted by Crippen LogP contribution is 2.15. The zero-order chi connectivity index (χ0) is 10.6. The van der Waals surface area contributed by atoms with E-state index < -0.39 is 9.84 Å². The van der Waals surface area contributed by atoms with Crippen LogP contribution >= 0.6 is 0 Å².